The maximum Gasteiger partial charge on any atom is 0.236 e. The number of benzene rings is 2. The molecule has 3 rings (SSSR count). The molecule has 0 atom stereocenters. The van der Waals surface area contributed by atoms with Gasteiger partial charge in [0.05, 0.1) is 18.6 Å². The highest BCUT2D eigenvalue weighted by Gasteiger charge is 2.16. The van der Waals surface area contributed by atoms with E-state index in [2.05, 4.69) is 15.5 Å². The maximum atomic E-state index is 11.1. The highest BCUT2D eigenvalue weighted by molar-refractivity contribution is 8.15. The minimum atomic E-state index is -0.0696. The molecule has 2 aromatic rings. The van der Waals surface area contributed by atoms with E-state index in [9.17, 15) is 4.79 Å². The Morgan fingerprint density at radius 2 is 2.04 bits per heavy atom. The van der Waals surface area contributed by atoms with Crippen molar-refractivity contribution in [3.63, 3.8) is 0 Å². The van der Waals surface area contributed by atoms with Crippen LogP contribution in [0.15, 0.2) is 46.6 Å². The van der Waals surface area contributed by atoms with Crippen molar-refractivity contribution in [2.45, 2.75) is 13.5 Å². The molecule has 0 aromatic heterocycles. The Hall–Kier alpha value is -2.22. The van der Waals surface area contributed by atoms with E-state index in [1.807, 2.05) is 25.1 Å². The third-order valence-electron chi connectivity index (χ3n) is 3.61. The van der Waals surface area contributed by atoms with Crippen molar-refractivity contribution >= 4 is 52.3 Å². The van der Waals surface area contributed by atoms with Gasteiger partial charge < -0.3 is 14.8 Å². The summed E-state index contributed by atoms with van der Waals surface area (Å²) in [6.45, 7) is 2.67. The summed E-state index contributed by atoms with van der Waals surface area (Å²) in [6, 6.07) is 10.7. The van der Waals surface area contributed by atoms with Crippen molar-refractivity contribution in [2.75, 3.05) is 12.4 Å². The van der Waals surface area contributed by atoms with E-state index >= 15 is 0 Å². The third-order valence-corrected chi connectivity index (χ3v) is 5.06. The average molecular weight is 438 g/mol. The minimum Gasteiger partial charge on any atom is -0.490 e. The maximum absolute atomic E-state index is 11.1. The Labute approximate surface area is 176 Å². The van der Waals surface area contributed by atoms with Crippen LogP contribution in [0.2, 0.25) is 10.0 Å². The van der Waals surface area contributed by atoms with Crippen molar-refractivity contribution < 1.29 is 14.3 Å². The minimum absolute atomic E-state index is 0.0696. The fourth-order valence-electron chi connectivity index (χ4n) is 2.31. The smallest absolute Gasteiger partial charge is 0.236 e. The van der Waals surface area contributed by atoms with Gasteiger partial charge in [-0.3, -0.25) is 4.79 Å². The zero-order chi connectivity index (χ0) is 19.9. The Balaban J connectivity index is 1.70. The van der Waals surface area contributed by atoms with Gasteiger partial charge >= 0.3 is 0 Å². The standard InChI is InChI=1S/C19H17Cl2N3O3S/c1-2-26-17-7-12(9-22-24-19-23-18(25)11-28-19)3-6-16(17)27-10-13-4-5-14(20)8-15(13)21/h3-9H,2,10-11H2,1H3,(H,23,24,25)/b22-9-. The number of nitrogens with zero attached hydrogens (tertiary/aromatic N) is 2. The molecule has 1 N–H and O–H groups in total. The fourth-order valence-corrected chi connectivity index (χ4v) is 3.41. The molecule has 2 aromatic carbocycles. The first-order valence-corrected chi connectivity index (χ1v) is 10.2. The van der Waals surface area contributed by atoms with Gasteiger partial charge in [0.1, 0.15) is 6.61 Å². The Morgan fingerprint density at radius 1 is 1.18 bits per heavy atom. The van der Waals surface area contributed by atoms with Crippen LogP contribution < -0.4 is 14.8 Å². The quantitative estimate of drug-likeness (QED) is 0.510. The van der Waals surface area contributed by atoms with Crippen molar-refractivity contribution in [2.24, 2.45) is 10.2 Å². The molecule has 0 spiro atoms. The van der Waals surface area contributed by atoms with E-state index in [1.165, 1.54) is 11.8 Å². The zero-order valence-electron chi connectivity index (χ0n) is 14.9. The average Bonchev–Trinajstić information content (AvgIpc) is 3.08. The predicted octanol–water partition coefficient (Wildman–Crippen LogP) is 4.52. The largest absolute Gasteiger partial charge is 0.490 e. The van der Waals surface area contributed by atoms with Gasteiger partial charge in [-0.15, -0.1) is 5.10 Å². The summed E-state index contributed by atoms with van der Waals surface area (Å²) < 4.78 is 11.5. The molecule has 1 amide bonds. The molecule has 1 fully saturated rings. The summed E-state index contributed by atoms with van der Waals surface area (Å²) in [5.74, 6) is 1.48. The van der Waals surface area contributed by atoms with Gasteiger partial charge in [0.15, 0.2) is 16.7 Å². The normalized spacial score (nSPS) is 15.2. The van der Waals surface area contributed by atoms with Crippen LogP contribution in [0, 0.1) is 0 Å². The van der Waals surface area contributed by atoms with Gasteiger partial charge in [-0.25, -0.2) is 0 Å². The first kappa shape index (κ1) is 20.5. The molecule has 1 heterocycles. The Morgan fingerprint density at radius 3 is 2.75 bits per heavy atom. The SMILES string of the molecule is CCOc1cc(/C=N\N=C2/NC(=O)CS2)ccc1OCc1ccc(Cl)cc1Cl. The molecule has 0 bridgehead atoms. The van der Waals surface area contributed by atoms with Crippen LogP contribution in [0.4, 0.5) is 0 Å². The fraction of sp³-hybridized carbons (Fsp3) is 0.211. The van der Waals surface area contributed by atoms with Crippen LogP contribution >= 0.6 is 35.0 Å². The second-order valence-electron chi connectivity index (χ2n) is 5.65. The van der Waals surface area contributed by atoms with E-state index in [0.717, 1.165) is 11.1 Å². The summed E-state index contributed by atoms with van der Waals surface area (Å²) in [6.07, 6.45) is 1.58. The van der Waals surface area contributed by atoms with Crippen molar-refractivity contribution in [1.82, 2.24) is 5.32 Å². The molecule has 1 saturated heterocycles. The van der Waals surface area contributed by atoms with Gasteiger partial charge in [-0.05, 0) is 42.8 Å². The van der Waals surface area contributed by atoms with Gasteiger partial charge in [-0.2, -0.15) is 5.10 Å². The highest BCUT2D eigenvalue weighted by atomic mass is 35.5. The van der Waals surface area contributed by atoms with Crippen LogP contribution in [0.1, 0.15) is 18.1 Å². The van der Waals surface area contributed by atoms with Crippen LogP contribution in [-0.4, -0.2) is 29.6 Å². The lowest BCUT2D eigenvalue weighted by molar-refractivity contribution is -0.116. The topological polar surface area (TPSA) is 72.3 Å². The number of rotatable bonds is 7. The van der Waals surface area contributed by atoms with Gasteiger partial charge in [0.25, 0.3) is 0 Å². The molecule has 0 radical (unpaired) electrons. The molecule has 6 nitrogen and oxygen atoms in total. The van der Waals surface area contributed by atoms with Crippen LogP contribution in [-0.2, 0) is 11.4 Å². The first-order chi connectivity index (χ1) is 13.5. The van der Waals surface area contributed by atoms with Crippen molar-refractivity contribution in [3.8, 4) is 11.5 Å². The summed E-state index contributed by atoms with van der Waals surface area (Å²) >= 11 is 13.4. The molecule has 0 saturated carbocycles. The van der Waals surface area contributed by atoms with Gasteiger partial charge in [0, 0.05) is 15.6 Å². The van der Waals surface area contributed by atoms with E-state index in [-0.39, 0.29) is 12.5 Å². The molecule has 1 aliphatic heterocycles. The zero-order valence-corrected chi connectivity index (χ0v) is 17.3. The van der Waals surface area contributed by atoms with E-state index in [4.69, 9.17) is 32.7 Å². The predicted molar refractivity (Wildman–Crippen MR) is 114 cm³/mol. The van der Waals surface area contributed by atoms with Gasteiger partial charge in [0.2, 0.25) is 5.91 Å². The second kappa shape index (κ2) is 9.82. The molecule has 9 heteroatoms. The van der Waals surface area contributed by atoms with Crippen LogP contribution in [0.5, 0.6) is 11.5 Å². The lowest BCUT2D eigenvalue weighted by atomic mass is 10.2. The molecular formula is C19H17Cl2N3O3S. The number of hydrogen-bond donors (Lipinski definition) is 1. The Bertz CT molecular complexity index is 935. The molecule has 28 heavy (non-hydrogen) atoms. The van der Waals surface area contributed by atoms with Gasteiger partial charge in [-0.1, -0.05) is 41.0 Å². The van der Waals surface area contributed by atoms with E-state index in [1.54, 1.807) is 24.4 Å². The monoisotopic (exact) mass is 437 g/mol. The number of carbonyl (C=O) groups is 1. The highest BCUT2D eigenvalue weighted by Crippen LogP contribution is 2.30. The number of nitrogens with one attached hydrogen (secondary N) is 1. The molecule has 1 aliphatic rings. The number of amides is 1. The number of amidine groups is 1. The first-order valence-electron chi connectivity index (χ1n) is 8.42. The van der Waals surface area contributed by atoms with E-state index < -0.39 is 0 Å². The van der Waals surface area contributed by atoms with Crippen molar-refractivity contribution in [3.05, 3.63) is 57.6 Å². The second-order valence-corrected chi connectivity index (χ2v) is 7.46. The number of carbonyl (C=O) groups excluding carboxylic acids is 1. The lowest BCUT2D eigenvalue weighted by Gasteiger charge is -2.13. The Kier molecular flexibility index (Phi) is 7.19. The third kappa shape index (κ3) is 5.64. The van der Waals surface area contributed by atoms with Crippen LogP contribution in [0.25, 0.3) is 0 Å². The van der Waals surface area contributed by atoms with Crippen molar-refractivity contribution in [1.29, 1.82) is 0 Å². The number of halogens is 2. The summed E-state index contributed by atoms with van der Waals surface area (Å²) in [5.41, 5.74) is 1.62. The van der Waals surface area contributed by atoms with Crippen LogP contribution in [0.3, 0.4) is 0 Å². The molecule has 146 valence electrons. The summed E-state index contributed by atoms with van der Waals surface area (Å²) in [5, 5.41) is 12.2. The summed E-state index contributed by atoms with van der Waals surface area (Å²) in [7, 11) is 0. The molecule has 0 aliphatic carbocycles. The van der Waals surface area contributed by atoms with E-state index in [0.29, 0.717) is 39.1 Å². The lowest BCUT2D eigenvalue weighted by Crippen LogP contribution is -2.19. The number of hydrogen-bond acceptors (Lipinski definition) is 6. The number of thioether (sulfide) groups is 1. The number of ether oxygens (including phenoxy) is 2. The molecule has 0 unspecified atom stereocenters. The summed E-state index contributed by atoms with van der Waals surface area (Å²) in [4.78, 5) is 11.1. The molecular weight excluding hydrogens is 421 g/mol.